The van der Waals surface area contributed by atoms with E-state index in [1.165, 1.54) is 45.6 Å². The van der Waals surface area contributed by atoms with Crippen LogP contribution in [-0.4, -0.2) is 39.8 Å². The quantitative estimate of drug-likeness (QED) is 0.662. The van der Waals surface area contributed by atoms with Crippen molar-refractivity contribution in [2.75, 3.05) is 27.9 Å². The molecule has 2 rings (SSSR count). The second kappa shape index (κ2) is 10.1. The van der Waals surface area contributed by atoms with Crippen LogP contribution in [0.3, 0.4) is 0 Å². The van der Waals surface area contributed by atoms with Crippen LogP contribution in [0.5, 0.6) is 17.2 Å². The third-order valence-electron chi connectivity index (χ3n) is 3.91. The monoisotopic (exact) mass is 391 g/mol. The number of esters is 1. The first kappa shape index (κ1) is 21.0. The van der Waals surface area contributed by atoms with Gasteiger partial charge in [0, 0.05) is 6.07 Å². The maximum absolute atomic E-state index is 13.2. The Morgan fingerprint density at radius 2 is 1.79 bits per heavy atom. The zero-order valence-corrected chi connectivity index (χ0v) is 15.9. The van der Waals surface area contributed by atoms with E-state index in [9.17, 15) is 14.0 Å². The highest BCUT2D eigenvalue weighted by atomic mass is 19.1. The van der Waals surface area contributed by atoms with E-state index in [2.05, 4.69) is 5.32 Å². The lowest BCUT2D eigenvalue weighted by Crippen LogP contribution is -2.34. The normalized spacial score (nSPS) is 11.3. The molecular weight excluding hydrogens is 369 g/mol. The summed E-state index contributed by atoms with van der Waals surface area (Å²) in [6, 6.07) is 9.85. The molecule has 7 nitrogen and oxygen atoms in total. The Hall–Kier alpha value is -3.29. The number of methoxy groups -OCH3 is 3. The summed E-state index contributed by atoms with van der Waals surface area (Å²) in [6.07, 6.45) is -0.0856. The molecule has 0 saturated heterocycles. The van der Waals surface area contributed by atoms with Crippen molar-refractivity contribution in [2.45, 2.75) is 12.5 Å². The summed E-state index contributed by atoms with van der Waals surface area (Å²) in [5.74, 6) is -0.236. The van der Waals surface area contributed by atoms with Gasteiger partial charge in [-0.2, -0.15) is 0 Å². The molecule has 0 bridgehead atoms. The van der Waals surface area contributed by atoms with Crippen LogP contribution in [0.15, 0.2) is 42.5 Å². The maximum atomic E-state index is 13.2. The van der Waals surface area contributed by atoms with Crippen LogP contribution < -0.4 is 19.5 Å². The number of ether oxygens (including phenoxy) is 4. The molecule has 0 aliphatic heterocycles. The van der Waals surface area contributed by atoms with Gasteiger partial charge >= 0.3 is 5.97 Å². The smallest absolute Gasteiger partial charge is 0.307 e. The number of hydrogen-bond donors (Lipinski definition) is 1. The molecule has 1 N–H and O–H groups in total. The molecule has 1 atom stereocenters. The molecule has 150 valence electrons. The molecule has 2 aromatic carbocycles. The largest absolute Gasteiger partial charge is 0.493 e. The first-order valence-electron chi connectivity index (χ1n) is 8.43. The van der Waals surface area contributed by atoms with Gasteiger partial charge in [-0.3, -0.25) is 9.59 Å². The van der Waals surface area contributed by atoms with Gasteiger partial charge in [0.1, 0.15) is 11.6 Å². The van der Waals surface area contributed by atoms with E-state index in [-0.39, 0.29) is 18.8 Å². The molecule has 0 radical (unpaired) electrons. The number of carbonyl (C=O) groups excluding carboxylic acids is 2. The van der Waals surface area contributed by atoms with Gasteiger partial charge < -0.3 is 24.3 Å². The molecule has 0 aliphatic rings. The molecular formula is C20H22FNO6. The Balaban J connectivity index is 2.12. The van der Waals surface area contributed by atoms with Crippen molar-refractivity contribution in [1.82, 2.24) is 5.32 Å². The Kier molecular flexibility index (Phi) is 7.62. The molecule has 1 amide bonds. The fourth-order valence-corrected chi connectivity index (χ4v) is 2.51. The minimum absolute atomic E-state index is 0.0856. The van der Waals surface area contributed by atoms with Gasteiger partial charge in [-0.15, -0.1) is 0 Å². The lowest BCUT2D eigenvalue weighted by molar-refractivity contribution is -0.141. The number of rotatable bonds is 9. The fourth-order valence-electron chi connectivity index (χ4n) is 2.51. The highest BCUT2D eigenvalue weighted by Gasteiger charge is 2.21. The Morgan fingerprint density at radius 1 is 1.04 bits per heavy atom. The van der Waals surface area contributed by atoms with E-state index in [0.29, 0.717) is 17.1 Å². The second-order valence-corrected chi connectivity index (χ2v) is 5.76. The van der Waals surface area contributed by atoms with E-state index in [0.717, 1.165) is 0 Å². The average molecular weight is 391 g/mol. The van der Waals surface area contributed by atoms with Crippen molar-refractivity contribution < 1.29 is 32.9 Å². The third-order valence-corrected chi connectivity index (χ3v) is 3.91. The minimum atomic E-state index is -0.670. The van der Waals surface area contributed by atoms with E-state index in [1.807, 2.05) is 0 Å². The summed E-state index contributed by atoms with van der Waals surface area (Å²) in [5.41, 5.74) is 0.627. The van der Waals surface area contributed by atoms with Gasteiger partial charge in [0.15, 0.2) is 18.1 Å². The number of benzene rings is 2. The van der Waals surface area contributed by atoms with Crippen LogP contribution in [0.2, 0.25) is 0 Å². The summed E-state index contributed by atoms with van der Waals surface area (Å²) in [7, 11) is 4.26. The first-order valence-corrected chi connectivity index (χ1v) is 8.43. The van der Waals surface area contributed by atoms with E-state index < -0.39 is 23.7 Å². The van der Waals surface area contributed by atoms with Crippen LogP contribution in [0.1, 0.15) is 18.0 Å². The number of halogens is 1. The number of amides is 1. The summed E-state index contributed by atoms with van der Waals surface area (Å²) in [6.45, 7) is -0.339. The molecule has 0 saturated carbocycles. The van der Waals surface area contributed by atoms with Crippen LogP contribution in [-0.2, 0) is 14.3 Å². The summed E-state index contributed by atoms with van der Waals surface area (Å²) < 4.78 is 33.6. The Morgan fingerprint density at radius 3 is 2.43 bits per heavy atom. The first-order chi connectivity index (χ1) is 13.5. The molecule has 0 aliphatic carbocycles. The summed E-state index contributed by atoms with van der Waals surface area (Å²) >= 11 is 0. The number of nitrogens with one attached hydrogen (secondary N) is 1. The third kappa shape index (κ3) is 5.87. The zero-order valence-electron chi connectivity index (χ0n) is 15.9. The van der Waals surface area contributed by atoms with E-state index >= 15 is 0 Å². The van der Waals surface area contributed by atoms with Gasteiger partial charge in [0.25, 0.3) is 5.91 Å². The van der Waals surface area contributed by atoms with Gasteiger partial charge in [-0.25, -0.2) is 4.39 Å². The standard InChI is InChI=1S/C20H22FNO6/c1-25-17-8-7-13(9-18(17)26-2)16(11-20(24)27-3)22-19(23)12-28-15-6-4-5-14(21)10-15/h4-10,16H,11-12H2,1-3H3,(H,22,23). The highest BCUT2D eigenvalue weighted by Crippen LogP contribution is 2.31. The van der Waals surface area contributed by atoms with E-state index in [4.69, 9.17) is 18.9 Å². The molecule has 0 aromatic heterocycles. The molecule has 28 heavy (non-hydrogen) atoms. The van der Waals surface area contributed by atoms with Gasteiger partial charge in [0.2, 0.25) is 0 Å². The van der Waals surface area contributed by atoms with Gasteiger partial charge in [-0.05, 0) is 29.8 Å². The van der Waals surface area contributed by atoms with Crippen molar-refractivity contribution in [3.05, 3.63) is 53.8 Å². The lowest BCUT2D eigenvalue weighted by Gasteiger charge is -2.20. The SMILES string of the molecule is COC(=O)CC(NC(=O)COc1cccc(F)c1)c1ccc(OC)c(OC)c1. The minimum Gasteiger partial charge on any atom is -0.493 e. The molecule has 2 aromatic rings. The van der Waals surface area contributed by atoms with Crippen molar-refractivity contribution in [3.63, 3.8) is 0 Å². The molecule has 0 heterocycles. The molecule has 0 spiro atoms. The number of carbonyl (C=O) groups is 2. The average Bonchev–Trinajstić information content (AvgIpc) is 2.71. The highest BCUT2D eigenvalue weighted by molar-refractivity contribution is 5.79. The predicted molar refractivity (Wildman–Crippen MR) is 99.0 cm³/mol. The van der Waals surface area contributed by atoms with Crippen molar-refractivity contribution in [1.29, 1.82) is 0 Å². The Bertz CT molecular complexity index is 826. The van der Waals surface area contributed by atoms with Gasteiger partial charge in [0.05, 0.1) is 33.8 Å². The zero-order chi connectivity index (χ0) is 20.5. The van der Waals surface area contributed by atoms with Crippen LogP contribution >= 0.6 is 0 Å². The number of hydrogen-bond acceptors (Lipinski definition) is 6. The van der Waals surface area contributed by atoms with Crippen molar-refractivity contribution in [2.24, 2.45) is 0 Å². The summed E-state index contributed by atoms with van der Waals surface area (Å²) in [4.78, 5) is 24.1. The fraction of sp³-hybridized carbons (Fsp3) is 0.300. The topological polar surface area (TPSA) is 83.1 Å². The molecule has 8 heteroatoms. The summed E-state index contributed by atoms with van der Waals surface area (Å²) in [5, 5.41) is 2.72. The molecule has 1 unspecified atom stereocenters. The van der Waals surface area contributed by atoms with Crippen LogP contribution in [0, 0.1) is 5.82 Å². The lowest BCUT2D eigenvalue weighted by atomic mass is 10.0. The second-order valence-electron chi connectivity index (χ2n) is 5.76. The van der Waals surface area contributed by atoms with Gasteiger partial charge in [-0.1, -0.05) is 12.1 Å². The van der Waals surface area contributed by atoms with Crippen molar-refractivity contribution >= 4 is 11.9 Å². The van der Waals surface area contributed by atoms with E-state index in [1.54, 1.807) is 18.2 Å². The van der Waals surface area contributed by atoms with Crippen LogP contribution in [0.4, 0.5) is 4.39 Å². The predicted octanol–water partition coefficient (Wildman–Crippen LogP) is 2.64. The van der Waals surface area contributed by atoms with Crippen molar-refractivity contribution in [3.8, 4) is 17.2 Å². The molecule has 0 fully saturated rings. The van der Waals surface area contributed by atoms with Crippen LogP contribution in [0.25, 0.3) is 0 Å². The Labute approximate surface area is 162 Å². The maximum Gasteiger partial charge on any atom is 0.307 e.